The molecule has 6 rings (SSSR count). The quantitative estimate of drug-likeness (QED) is 0.177. The Labute approximate surface area is 310 Å². The van der Waals surface area contributed by atoms with E-state index in [1.807, 2.05) is 27.7 Å². The van der Waals surface area contributed by atoms with E-state index in [-0.39, 0.29) is 58.1 Å². The maximum absolute atomic E-state index is 14.2. The van der Waals surface area contributed by atoms with Crippen LogP contribution < -0.4 is 0 Å². The van der Waals surface area contributed by atoms with Gasteiger partial charge in [0, 0.05) is 38.5 Å². The van der Waals surface area contributed by atoms with Crippen molar-refractivity contribution in [3.63, 3.8) is 0 Å². The SMILES string of the molecule is Cc1ccc(S(=O)(=O)N2CCN(S(=O)(=O)c3ccc(C)cc3)P2CCP2N(S(=O)(=O)c3ccc(C)cc3)CCN2S(=O)(=O)c2ccc(C)cc2)cc1. The van der Waals surface area contributed by atoms with Gasteiger partial charge in [-0.2, -0.15) is 16.3 Å². The highest BCUT2D eigenvalue weighted by atomic mass is 32.2. The molecule has 0 saturated carbocycles. The van der Waals surface area contributed by atoms with E-state index < -0.39 is 56.5 Å². The lowest BCUT2D eigenvalue weighted by Crippen LogP contribution is -2.31. The lowest BCUT2D eigenvalue weighted by atomic mass is 10.2. The minimum absolute atomic E-state index is 0.00100. The number of aryl methyl sites for hydroxylation is 4. The first kappa shape index (κ1) is 39.1. The second kappa shape index (κ2) is 14.9. The predicted molar refractivity (Wildman–Crippen MR) is 204 cm³/mol. The van der Waals surface area contributed by atoms with Gasteiger partial charge in [0.05, 0.1) is 36.0 Å². The van der Waals surface area contributed by atoms with Crippen molar-refractivity contribution in [1.29, 1.82) is 0 Å². The predicted octanol–water partition coefficient (Wildman–Crippen LogP) is 5.63. The second-order valence-corrected chi connectivity index (χ2v) is 25.5. The van der Waals surface area contributed by atoms with Crippen molar-refractivity contribution in [2.75, 3.05) is 38.5 Å². The molecule has 4 aromatic carbocycles. The fourth-order valence-corrected chi connectivity index (χ4v) is 21.6. The third kappa shape index (κ3) is 7.52. The van der Waals surface area contributed by atoms with E-state index in [1.165, 1.54) is 64.8 Å². The Bertz CT molecular complexity index is 2040. The van der Waals surface area contributed by atoms with Crippen LogP contribution in [-0.2, 0) is 40.1 Å². The molecule has 2 heterocycles. The van der Waals surface area contributed by atoms with E-state index in [2.05, 4.69) is 0 Å². The Morgan fingerprint density at radius 3 is 0.712 bits per heavy atom. The molecular formula is C34H40N4O8P2S4. The molecule has 0 spiro atoms. The van der Waals surface area contributed by atoms with Crippen LogP contribution in [0, 0.1) is 27.7 Å². The summed E-state index contributed by atoms with van der Waals surface area (Å²) in [6.45, 7) is 6.81. The van der Waals surface area contributed by atoms with Crippen LogP contribution in [0.1, 0.15) is 22.3 Å². The molecule has 0 amide bonds. The molecule has 12 nitrogen and oxygen atoms in total. The molecule has 4 aromatic rings. The van der Waals surface area contributed by atoms with Gasteiger partial charge in [-0.15, -0.1) is 0 Å². The second-order valence-electron chi connectivity index (χ2n) is 12.6. The fraction of sp³-hybridized carbons (Fsp3) is 0.294. The number of benzene rings is 4. The molecule has 2 aliphatic rings. The molecule has 2 aliphatic heterocycles. The summed E-state index contributed by atoms with van der Waals surface area (Å²) >= 11 is 0. The normalized spacial score (nSPS) is 18.0. The van der Waals surface area contributed by atoms with Crippen LogP contribution in [0.2, 0.25) is 0 Å². The van der Waals surface area contributed by atoms with Crippen molar-refractivity contribution in [3.05, 3.63) is 119 Å². The highest BCUT2D eigenvalue weighted by Gasteiger charge is 2.50. The number of nitrogens with zero attached hydrogens (tertiary/aromatic N) is 4. The van der Waals surface area contributed by atoms with Gasteiger partial charge >= 0.3 is 0 Å². The Morgan fingerprint density at radius 2 is 0.538 bits per heavy atom. The van der Waals surface area contributed by atoms with Crippen LogP contribution in [-0.4, -0.2) is 88.5 Å². The van der Waals surface area contributed by atoms with Crippen molar-refractivity contribution in [3.8, 4) is 0 Å². The molecule has 0 unspecified atom stereocenters. The van der Waals surface area contributed by atoms with Crippen LogP contribution in [0.4, 0.5) is 0 Å². The smallest absolute Gasteiger partial charge is 0.207 e. The van der Waals surface area contributed by atoms with Gasteiger partial charge in [-0.3, -0.25) is 0 Å². The number of rotatable bonds is 11. The first-order valence-electron chi connectivity index (χ1n) is 16.4. The van der Waals surface area contributed by atoms with Crippen LogP contribution in [0.5, 0.6) is 0 Å². The Hall–Kier alpha value is -2.62. The van der Waals surface area contributed by atoms with Crippen molar-refractivity contribution in [2.24, 2.45) is 0 Å². The number of sulfonamides is 4. The minimum Gasteiger partial charge on any atom is -0.207 e. The third-order valence-electron chi connectivity index (χ3n) is 8.88. The topological polar surface area (TPSA) is 150 Å². The summed E-state index contributed by atoms with van der Waals surface area (Å²) in [5.74, 6) is 0. The Kier molecular flexibility index (Phi) is 11.2. The highest BCUT2D eigenvalue weighted by Crippen LogP contribution is 2.60. The molecule has 52 heavy (non-hydrogen) atoms. The van der Waals surface area contributed by atoms with Crippen molar-refractivity contribution < 1.29 is 33.7 Å². The fourth-order valence-electron chi connectivity index (χ4n) is 5.96. The van der Waals surface area contributed by atoms with E-state index >= 15 is 0 Å². The summed E-state index contributed by atoms with van der Waals surface area (Å²) in [6, 6.07) is 25.1. The Balaban J connectivity index is 1.42. The van der Waals surface area contributed by atoms with Gasteiger partial charge in [0.2, 0.25) is 40.1 Å². The maximum atomic E-state index is 14.2. The zero-order valence-corrected chi connectivity index (χ0v) is 34.1. The number of hydrogen-bond acceptors (Lipinski definition) is 8. The summed E-state index contributed by atoms with van der Waals surface area (Å²) in [7, 11) is -21.2. The van der Waals surface area contributed by atoms with Gasteiger partial charge in [-0.1, -0.05) is 70.8 Å². The number of hydrogen-bond donors (Lipinski definition) is 0. The molecule has 0 N–H and O–H groups in total. The summed E-state index contributed by atoms with van der Waals surface area (Å²) in [5, 5.41) is 0. The molecule has 0 bridgehead atoms. The van der Waals surface area contributed by atoms with Crippen LogP contribution in [0.15, 0.2) is 117 Å². The standard InChI is InChI=1S/C34H40N4O8P2S4/c1-27-5-13-31(14-6-27)49(39,40)35-21-22-36(50(41,42)32-15-7-28(2)8-16-32)47(35)25-26-48-37(51(43,44)33-17-9-29(3)10-18-33)23-24-38(48)52(45,46)34-19-11-30(4)12-20-34/h5-20H,21-26H2,1-4H3. The molecule has 2 fully saturated rings. The first-order chi connectivity index (χ1) is 24.4. The van der Waals surface area contributed by atoms with E-state index in [4.69, 9.17) is 0 Å². The van der Waals surface area contributed by atoms with Gasteiger partial charge in [0.15, 0.2) is 0 Å². The molecule has 2 saturated heterocycles. The van der Waals surface area contributed by atoms with Crippen LogP contribution >= 0.6 is 16.4 Å². The van der Waals surface area contributed by atoms with E-state index in [1.54, 1.807) is 48.5 Å². The van der Waals surface area contributed by atoms with Gasteiger partial charge < -0.3 is 0 Å². The molecule has 0 aliphatic carbocycles. The van der Waals surface area contributed by atoms with Gasteiger partial charge in [-0.05, 0) is 76.2 Å². The highest BCUT2D eigenvalue weighted by molar-refractivity contribution is 8.00. The van der Waals surface area contributed by atoms with E-state index in [9.17, 15) is 33.7 Å². The van der Waals surface area contributed by atoms with Crippen LogP contribution in [0.25, 0.3) is 0 Å². The average molecular weight is 823 g/mol. The average Bonchev–Trinajstić information content (AvgIpc) is 3.75. The van der Waals surface area contributed by atoms with Gasteiger partial charge in [0.25, 0.3) is 0 Å². The molecule has 18 heteroatoms. The third-order valence-corrected chi connectivity index (χ3v) is 24.6. The van der Waals surface area contributed by atoms with Crippen molar-refractivity contribution >= 4 is 56.5 Å². The van der Waals surface area contributed by atoms with E-state index in [0.29, 0.717) is 0 Å². The zero-order chi connectivity index (χ0) is 37.6. The maximum Gasteiger partial charge on any atom is 0.247 e. The van der Waals surface area contributed by atoms with Crippen LogP contribution in [0.3, 0.4) is 0 Å². The Morgan fingerprint density at radius 1 is 0.365 bits per heavy atom. The van der Waals surface area contributed by atoms with Crippen molar-refractivity contribution in [1.82, 2.24) is 16.3 Å². The van der Waals surface area contributed by atoms with E-state index in [0.717, 1.165) is 22.3 Å². The summed E-state index contributed by atoms with van der Waals surface area (Å²) in [6.07, 6.45) is -0.228. The molecule has 0 aromatic heterocycles. The molecule has 278 valence electrons. The first-order valence-corrected chi connectivity index (χ1v) is 25.0. The molecule has 0 radical (unpaired) electrons. The lowest BCUT2D eigenvalue weighted by Gasteiger charge is -2.33. The van der Waals surface area contributed by atoms with Gasteiger partial charge in [-0.25, -0.2) is 33.7 Å². The lowest BCUT2D eigenvalue weighted by molar-refractivity contribution is 0.536. The summed E-state index contributed by atoms with van der Waals surface area (Å²) in [4.78, 5) is -0.00402. The zero-order valence-electron chi connectivity index (χ0n) is 29.1. The summed E-state index contributed by atoms with van der Waals surface area (Å²) in [5.41, 5.74) is 3.39. The molecule has 0 atom stereocenters. The summed E-state index contributed by atoms with van der Waals surface area (Å²) < 4.78 is 118. The minimum atomic E-state index is -4.21. The largest absolute Gasteiger partial charge is 0.247 e. The molecular weight excluding hydrogens is 783 g/mol. The van der Waals surface area contributed by atoms with Crippen molar-refractivity contribution in [2.45, 2.75) is 47.3 Å². The van der Waals surface area contributed by atoms with Gasteiger partial charge in [0.1, 0.15) is 0 Å². The monoisotopic (exact) mass is 822 g/mol.